The molecule has 1 rings (SSSR count). The monoisotopic (exact) mass is 195 g/mol. The number of benzene rings is 1. The first-order valence-electron chi connectivity index (χ1n) is 4.68. The van der Waals surface area contributed by atoms with Crippen LogP contribution < -0.4 is 5.73 Å². The van der Waals surface area contributed by atoms with E-state index in [4.69, 9.17) is 15.6 Å². The zero-order valence-electron chi connectivity index (χ0n) is 8.60. The summed E-state index contributed by atoms with van der Waals surface area (Å²) in [6, 6.07) is 7.50. The molecule has 0 aromatic heterocycles. The van der Waals surface area contributed by atoms with Crippen LogP contribution >= 0.6 is 0 Å². The zero-order chi connectivity index (χ0) is 10.6. The normalized spacial score (nSPS) is 15.1. The van der Waals surface area contributed by atoms with E-state index in [1.54, 1.807) is 7.11 Å². The van der Waals surface area contributed by atoms with Gasteiger partial charge in [-0.05, 0) is 18.1 Å². The number of nitrogens with two attached hydrogens (primary N) is 1. The van der Waals surface area contributed by atoms with E-state index in [0.29, 0.717) is 0 Å². The third-order valence-corrected chi connectivity index (χ3v) is 2.38. The molecule has 0 spiro atoms. The summed E-state index contributed by atoms with van der Waals surface area (Å²) in [6.45, 7) is 1.96. The number of aliphatic hydroxyl groups excluding tert-OH is 1. The Bertz CT molecular complexity index is 242. The fourth-order valence-corrected chi connectivity index (χ4v) is 1.26. The molecular weight excluding hydrogens is 178 g/mol. The van der Waals surface area contributed by atoms with E-state index < -0.39 is 0 Å². The quantitative estimate of drug-likeness (QED) is 0.763. The van der Waals surface area contributed by atoms with Gasteiger partial charge in [-0.3, -0.25) is 0 Å². The van der Waals surface area contributed by atoms with Crippen molar-refractivity contribution < 1.29 is 9.84 Å². The van der Waals surface area contributed by atoms with E-state index in [0.717, 1.165) is 11.1 Å². The van der Waals surface area contributed by atoms with Gasteiger partial charge in [0, 0.05) is 7.11 Å². The Morgan fingerprint density at radius 1 is 1.29 bits per heavy atom. The molecule has 0 saturated carbocycles. The maximum absolute atomic E-state index is 8.86. The fraction of sp³-hybridized carbons (Fsp3) is 0.455. The van der Waals surface area contributed by atoms with Crippen LogP contribution in [0.15, 0.2) is 24.3 Å². The van der Waals surface area contributed by atoms with Crippen molar-refractivity contribution in [3.8, 4) is 0 Å². The van der Waals surface area contributed by atoms with Crippen molar-refractivity contribution in [2.75, 3.05) is 13.7 Å². The van der Waals surface area contributed by atoms with Crippen molar-refractivity contribution in [3.63, 3.8) is 0 Å². The number of methoxy groups -OCH3 is 1. The summed E-state index contributed by atoms with van der Waals surface area (Å²) >= 11 is 0. The first-order valence-corrected chi connectivity index (χ1v) is 4.68. The van der Waals surface area contributed by atoms with Gasteiger partial charge in [0.25, 0.3) is 0 Å². The summed E-state index contributed by atoms with van der Waals surface area (Å²) in [5, 5.41) is 8.86. The van der Waals surface area contributed by atoms with Crippen LogP contribution in [0.4, 0.5) is 0 Å². The summed E-state index contributed by atoms with van der Waals surface area (Å²) in [4.78, 5) is 0. The maximum Gasteiger partial charge on any atom is 0.0793 e. The smallest absolute Gasteiger partial charge is 0.0793 e. The molecule has 2 atom stereocenters. The van der Waals surface area contributed by atoms with Crippen LogP contribution in [0.3, 0.4) is 0 Å². The van der Waals surface area contributed by atoms with Gasteiger partial charge in [-0.25, -0.2) is 0 Å². The number of ether oxygens (including phenoxy) is 1. The summed E-state index contributed by atoms with van der Waals surface area (Å²) in [6.07, 6.45) is 0.0920. The average molecular weight is 195 g/mol. The molecule has 0 bridgehead atoms. The van der Waals surface area contributed by atoms with Gasteiger partial charge >= 0.3 is 0 Å². The lowest BCUT2D eigenvalue weighted by atomic mass is 10.0. The van der Waals surface area contributed by atoms with Crippen molar-refractivity contribution in [2.45, 2.75) is 19.1 Å². The van der Waals surface area contributed by atoms with Crippen molar-refractivity contribution in [1.29, 1.82) is 0 Å². The Kier molecular flexibility index (Phi) is 4.07. The Morgan fingerprint density at radius 2 is 1.79 bits per heavy atom. The van der Waals surface area contributed by atoms with Crippen molar-refractivity contribution in [2.24, 2.45) is 5.73 Å². The Morgan fingerprint density at radius 3 is 2.21 bits per heavy atom. The number of hydrogen-bond acceptors (Lipinski definition) is 3. The molecule has 78 valence electrons. The van der Waals surface area contributed by atoms with Crippen LogP contribution in [0, 0.1) is 0 Å². The molecule has 0 saturated heterocycles. The molecule has 0 aliphatic heterocycles. The Balaban J connectivity index is 2.78. The van der Waals surface area contributed by atoms with E-state index in [9.17, 15) is 0 Å². The molecule has 1 aromatic rings. The van der Waals surface area contributed by atoms with E-state index in [1.807, 2.05) is 31.2 Å². The fourth-order valence-electron chi connectivity index (χ4n) is 1.26. The van der Waals surface area contributed by atoms with Gasteiger partial charge in [0.1, 0.15) is 0 Å². The SMILES string of the molecule is CO[C@@H](C)c1ccc([C@H](N)CO)cc1. The second-order valence-electron chi connectivity index (χ2n) is 3.33. The highest BCUT2D eigenvalue weighted by Crippen LogP contribution is 2.18. The molecule has 0 fully saturated rings. The minimum atomic E-state index is -0.290. The lowest BCUT2D eigenvalue weighted by Gasteiger charge is -2.12. The standard InChI is InChI=1S/C11H17NO2/c1-8(14-2)9-3-5-10(6-4-9)11(12)7-13/h3-6,8,11,13H,7,12H2,1-2H3/t8-,11+/m0/s1. The third-order valence-electron chi connectivity index (χ3n) is 2.38. The lowest BCUT2D eigenvalue weighted by Crippen LogP contribution is -2.14. The number of aliphatic hydroxyl groups is 1. The minimum absolute atomic E-state index is 0.0286. The molecule has 14 heavy (non-hydrogen) atoms. The van der Waals surface area contributed by atoms with Crippen LogP contribution in [0.1, 0.15) is 30.2 Å². The molecule has 3 nitrogen and oxygen atoms in total. The molecule has 0 aliphatic rings. The summed E-state index contributed by atoms with van der Waals surface area (Å²) in [5.41, 5.74) is 7.73. The highest BCUT2D eigenvalue weighted by atomic mass is 16.5. The van der Waals surface area contributed by atoms with E-state index in [2.05, 4.69) is 0 Å². The van der Waals surface area contributed by atoms with Crippen LogP contribution in [-0.2, 0) is 4.74 Å². The van der Waals surface area contributed by atoms with Crippen LogP contribution in [0.2, 0.25) is 0 Å². The Labute approximate surface area is 84.5 Å². The number of rotatable bonds is 4. The first-order chi connectivity index (χ1) is 6.69. The highest BCUT2D eigenvalue weighted by Gasteiger charge is 2.06. The second kappa shape index (κ2) is 5.10. The van der Waals surface area contributed by atoms with Gasteiger partial charge in [0.15, 0.2) is 0 Å². The highest BCUT2D eigenvalue weighted by molar-refractivity contribution is 5.26. The van der Waals surface area contributed by atoms with Gasteiger partial charge < -0.3 is 15.6 Å². The van der Waals surface area contributed by atoms with E-state index in [-0.39, 0.29) is 18.8 Å². The largest absolute Gasteiger partial charge is 0.394 e. The lowest BCUT2D eigenvalue weighted by molar-refractivity contribution is 0.119. The molecule has 0 aliphatic carbocycles. The first kappa shape index (κ1) is 11.2. The van der Waals surface area contributed by atoms with E-state index in [1.165, 1.54) is 0 Å². The van der Waals surface area contributed by atoms with Crippen LogP contribution in [-0.4, -0.2) is 18.8 Å². The molecule has 3 heteroatoms. The van der Waals surface area contributed by atoms with Crippen molar-refractivity contribution >= 4 is 0 Å². The number of hydrogen-bond donors (Lipinski definition) is 2. The molecule has 0 heterocycles. The second-order valence-corrected chi connectivity index (χ2v) is 3.33. The molecule has 1 aromatic carbocycles. The summed E-state index contributed by atoms with van der Waals surface area (Å²) in [5.74, 6) is 0. The molecule has 3 N–H and O–H groups in total. The van der Waals surface area contributed by atoms with Gasteiger partial charge in [-0.2, -0.15) is 0 Å². The minimum Gasteiger partial charge on any atom is -0.394 e. The predicted octanol–water partition coefficient (Wildman–Crippen LogP) is 1.39. The maximum atomic E-state index is 8.86. The third kappa shape index (κ3) is 2.54. The van der Waals surface area contributed by atoms with Gasteiger partial charge in [0.2, 0.25) is 0 Å². The topological polar surface area (TPSA) is 55.5 Å². The van der Waals surface area contributed by atoms with Crippen LogP contribution in [0.25, 0.3) is 0 Å². The Hall–Kier alpha value is -0.900. The van der Waals surface area contributed by atoms with Crippen molar-refractivity contribution in [1.82, 2.24) is 0 Å². The predicted molar refractivity (Wildman–Crippen MR) is 55.9 cm³/mol. The summed E-state index contributed by atoms with van der Waals surface area (Å²) in [7, 11) is 1.68. The van der Waals surface area contributed by atoms with Crippen molar-refractivity contribution in [3.05, 3.63) is 35.4 Å². The van der Waals surface area contributed by atoms with Gasteiger partial charge in [0.05, 0.1) is 18.8 Å². The van der Waals surface area contributed by atoms with E-state index >= 15 is 0 Å². The zero-order valence-corrected chi connectivity index (χ0v) is 8.60. The van der Waals surface area contributed by atoms with Gasteiger partial charge in [-0.1, -0.05) is 24.3 Å². The van der Waals surface area contributed by atoms with Gasteiger partial charge in [-0.15, -0.1) is 0 Å². The molecular formula is C11H17NO2. The molecule has 0 radical (unpaired) electrons. The average Bonchev–Trinajstić information content (AvgIpc) is 2.27. The molecule has 0 unspecified atom stereocenters. The molecule has 0 amide bonds. The van der Waals surface area contributed by atoms with Crippen LogP contribution in [0.5, 0.6) is 0 Å². The summed E-state index contributed by atoms with van der Waals surface area (Å²) < 4.78 is 5.18.